The van der Waals surface area contributed by atoms with E-state index < -0.39 is 48.0 Å². The van der Waals surface area contributed by atoms with Crippen LogP contribution in [0.25, 0.3) is 11.1 Å². The van der Waals surface area contributed by atoms with Crippen LogP contribution in [-0.4, -0.2) is 72.3 Å². The predicted molar refractivity (Wildman–Crippen MR) is 144 cm³/mol. The van der Waals surface area contributed by atoms with Crippen LogP contribution in [0.15, 0.2) is 48.5 Å². The molecule has 3 N–H and O–H groups in total. The molecule has 1 aliphatic heterocycles. The van der Waals surface area contributed by atoms with Crippen molar-refractivity contribution in [2.45, 2.75) is 63.7 Å². The fourth-order valence-electron chi connectivity index (χ4n) is 5.19. The zero-order valence-electron chi connectivity index (χ0n) is 22.3. The molecule has 1 aliphatic carbocycles. The van der Waals surface area contributed by atoms with Gasteiger partial charge in [-0.2, -0.15) is 0 Å². The zero-order chi connectivity index (χ0) is 28.1. The lowest BCUT2D eigenvalue weighted by atomic mass is 9.98. The molecule has 0 bridgehead atoms. The number of carbonyl (C=O) groups is 5. The number of likely N-dealkylation sites (tertiary alicyclic amines) is 1. The van der Waals surface area contributed by atoms with E-state index >= 15 is 0 Å². The third-order valence-corrected chi connectivity index (χ3v) is 7.21. The van der Waals surface area contributed by atoms with E-state index in [1.54, 1.807) is 6.92 Å². The predicted octanol–water partition coefficient (Wildman–Crippen LogP) is 2.11. The zero-order valence-corrected chi connectivity index (χ0v) is 22.3. The summed E-state index contributed by atoms with van der Waals surface area (Å²) >= 11 is 0. The lowest BCUT2D eigenvalue weighted by Crippen LogP contribution is -2.55. The van der Waals surface area contributed by atoms with Gasteiger partial charge in [0, 0.05) is 12.5 Å². The van der Waals surface area contributed by atoms with Gasteiger partial charge in [0.1, 0.15) is 31.0 Å². The Balaban J connectivity index is 1.28. The van der Waals surface area contributed by atoms with Crippen LogP contribution in [0.4, 0.5) is 4.79 Å². The second-order valence-electron chi connectivity index (χ2n) is 10.0. The average Bonchev–Trinajstić information content (AvgIpc) is 3.54. The van der Waals surface area contributed by atoms with Crippen molar-refractivity contribution in [3.05, 3.63) is 59.7 Å². The largest absolute Gasteiger partial charge is 0.449 e. The number of amides is 4. The first-order chi connectivity index (χ1) is 18.7. The third-order valence-electron chi connectivity index (χ3n) is 7.21. The second-order valence-corrected chi connectivity index (χ2v) is 10.0. The summed E-state index contributed by atoms with van der Waals surface area (Å²) < 4.78 is 5.50. The Bertz CT molecular complexity index is 1220. The SMILES string of the molecule is C[C@H](NC(=O)OCC1c2ccccc2-c2ccccc21)C(=O)N[C@@H](C)C(=O)N1CCC[C@H]1C(=O)N[C@@H](C)C=O. The number of hydrogen-bond donors (Lipinski definition) is 3. The van der Waals surface area contributed by atoms with Crippen LogP contribution in [0, 0.1) is 0 Å². The highest BCUT2D eigenvalue weighted by molar-refractivity contribution is 5.94. The van der Waals surface area contributed by atoms with Gasteiger partial charge in [-0.1, -0.05) is 48.5 Å². The van der Waals surface area contributed by atoms with E-state index in [1.165, 1.54) is 18.7 Å². The molecule has 1 saturated heterocycles. The van der Waals surface area contributed by atoms with Crippen LogP contribution in [0.1, 0.15) is 50.7 Å². The Morgan fingerprint density at radius 3 is 2.15 bits per heavy atom. The normalized spacial score (nSPS) is 18.2. The Morgan fingerprint density at radius 1 is 0.923 bits per heavy atom. The van der Waals surface area contributed by atoms with Crippen LogP contribution < -0.4 is 16.0 Å². The molecule has 1 fully saturated rings. The summed E-state index contributed by atoms with van der Waals surface area (Å²) in [7, 11) is 0. The number of carbonyl (C=O) groups excluding carboxylic acids is 5. The lowest BCUT2D eigenvalue weighted by Gasteiger charge is -2.28. The van der Waals surface area contributed by atoms with Gasteiger partial charge in [-0.05, 0) is 55.9 Å². The number of nitrogens with one attached hydrogen (secondary N) is 3. The molecule has 0 spiro atoms. The molecule has 2 aromatic rings. The van der Waals surface area contributed by atoms with Crippen LogP contribution in [0.2, 0.25) is 0 Å². The molecule has 0 unspecified atom stereocenters. The molecule has 2 aliphatic rings. The fourth-order valence-corrected chi connectivity index (χ4v) is 5.19. The summed E-state index contributed by atoms with van der Waals surface area (Å²) in [5.41, 5.74) is 4.40. The third kappa shape index (κ3) is 6.10. The highest BCUT2D eigenvalue weighted by atomic mass is 16.5. The van der Waals surface area contributed by atoms with Crippen molar-refractivity contribution < 1.29 is 28.7 Å². The van der Waals surface area contributed by atoms with E-state index in [0.29, 0.717) is 25.7 Å². The van der Waals surface area contributed by atoms with Gasteiger partial charge in [0.25, 0.3) is 0 Å². The lowest BCUT2D eigenvalue weighted by molar-refractivity contribution is -0.141. The molecule has 4 amide bonds. The first kappa shape index (κ1) is 27.8. The molecular formula is C29H34N4O6. The Morgan fingerprint density at radius 2 is 1.54 bits per heavy atom. The Kier molecular flexibility index (Phi) is 8.63. The van der Waals surface area contributed by atoms with Crippen molar-refractivity contribution in [3.63, 3.8) is 0 Å². The number of rotatable bonds is 9. The van der Waals surface area contributed by atoms with Gasteiger partial charge in [-0.3, -0.25) is 14.4 Å². The van der Waals surface area contributed by atoms with E-state index in [0.717, 1.165) is 22.3 Å². The molecule has 2 aromatic carbocycles. The number of benzene rings is 2. The molecule has 1 heterocycles. The molecule has 10 nitrogen and oxygen atoms in total. The van der Waals surface area contributed by atoms with Gasteiger partial charge in [0.05, 0.1) is 6.04 Å². The van der Waals surface area contributed by atoms with Crippen molar-refractivity contribution >= 4 is 30.1 Å². The number of aldehydes is 1. The van der Waals surface area contributed by atoms with Crippen LogP contribution in [-0.2, 0) is 23.9 Å². The first-order valence-corrected chi connectivity index (χ1v) is 13.2. The minimum Gasteiger partial charge on any atom is -0.449 e. The summed E-state index contributed by atoms with van der Waals surface area (Å²) in [4.78, 5) is 63.0. The van der Waals surface area contributed by atoms with E-state index in [4.69, 9.17) is 4.74 Å². The van der Waals surface area contributed by atoms with Crippen LogP contribution in [0.5, 0.6) is 0 Å². The molecule has 10 heteroatoms. The summed E-state index contributed by atoms with van der Waals surface area (Å²) in [5, 5.41) is 7.70. The van der Waals surface area contributed by atoms with E-state index in [1.807, 2.05) is 48.5 Å². The maximum atomic E-state index is 13.0. The van der Waals surface area contributed by atoms with Crippen molar-refractivity contribution in [2.24, 2.45) is 0 Å². The molecule has 4 atom stereocenters. The van der Waals surface area contributed by atoms with E-state index in [2.05, 4.69) is 16.0 Å². The van der Waals surface area contributed by atoms with E-state index in [9.17, 15) is 24.0 Å². The minimum absolute atomic E-state index is 0.106. The van der Waals surface area contributed by atoms with Gasteiger partial charge in [0.15, 0.2) is 0 Å². The van der Waals surface area contributed by atoms with Crippen molar-refractivity contribution in [3.8, 4) is 11.1 Å². The van der Waals surface area contributed by atoms with Crippen LogP contribution >= 0.6 is 0 Å². The molecule has 4 rings (SSSR count). The quantitative estimate of drug-likeness (QED) is 0.422. The topological polar surface area (TPSA) is 134 Å². The smallest absolute Gasteiger partial charge is 0.407 e. The van der Waals surface area contributed by atoms with E-state index in [-0.39, 0.29) is 12.5 Å². The molecule has 39 heavy (non-hydrogen) atoms. The molecule has 0 aromatic heterocycles. The van der Waals surface area contributed by atoms with Gasteiger partial charge in [-0.25, -0.2) is 4.79 Å². The highest BCUT2D eigenvalue weighted by Crippen LogP contribution is 2.44. The van der Waals surface area contributed by atoms with Crippen LogP contribution in [0.3, 0.4) is 0 Å². The Labute approximate surface area is 227 Å². The maximum Gasteiger partial charge on any atom is 0.407 e. The number of fused-ring (bicyclic) bond motifs is 3. The number of hydrogen-bond acceptors (Lipinski definition) is 6. The standard InChI is InChI=1S/C29H34N4O6/c1-17(15-34)30-27(36)25-13-8-14-33(25)28(37)19(3)31-26(35)18(2)32-29(38)39-16-24-22-11-6-4-9-20(22)21-10-5-7-12-23(21)24/h4-7,9-12,15,17-19,24-25H,8,13-14,16H2,1-3H3,(H,30,36)(H,31,35)(H,32,38)/t17-,18-,19-,25-/m0/s1. The molecule has 206 valence electrons. The van der Waals surface area contributed by atoms with Crippen molar-refractivity contribution in [2.75, 3.05) is 13.2 Å². The maximum absolute atomic E-state index is 13.0. The summed E-state index contributed by atoms with van der Waals surface area (Å²) in [6.45, 7) is 5.08. The highest BCUT2D eigenvalue weighted by Gasteiger charge is 2.37. The molecule has 0 saturated carbocycles. The fraction of sp³-hybridized carbons (Fsp3) is 0.414. The average molecular weight is 535 g/mol. The second kappa shape index (κ2) is 12.1. The van der Waals surface area contributed by atoms with Crippen molar-refractivity contribution in [1.82, 2.24) is 20.9 Å². The molecule has 0 radical (unpaired) electrons. The first-order valence-electron chi connectivity index (χ1n) is 13.2. The summed E-state index contributed by atoms with van der Waals surface area (Å²) in [6.07, 6.45) is 0.995. The van der Waals surface area contributed by atoms with Gasteiger partial charge >= 0.3 is 6.09 Å². The number of nitrogens with zero attached hydrogens (tertiary/aromatic N) is 1. The van der Waals surface area contributed by atoms with Gasteiger partial charge in [0.2, 0.25) is 17.7 Å². The minimum atomic E-state index is -0.956. The summed E-state index contributed by atoms with van der Waals surface area (Å²) in [6, 6.07) is 12.8. The van der Waals surface area contributed by atoms with Crippen molar-refractivity contribution in [1.29, 1.82) is 0 Å². The summed E-state index contributed by atoms with van der Waals surface area (Å²) in [5.74, 6) is -1.47. The monoisotopic (exact) mass is 534 g/mol. The Hall–Kier alpha value is -4.21. The number of alkyl carbamates (subject to hydrolysis) is 1. The molecular weight excluding hydrogens is 500 g/mol. The van der Waals surface area contributed by atoms with Gasteiger partial charge < -0.3 is 30.4 Å². The van der Waals surface area contributed by atoms with Gasteiger partial charge in [-0.15, -0.1) is 0 Å². The number of ether oxygens (including phenoxy) is 1.